The fraction of sp³-hybridized carbons (Fsp3) is 0.636. The molecular formula is C11H20N4. The van der Waals surface area contributed by atoms with Gasteiger partial charge in [-0.2, -0.15) is 0 Å². The summed E-state index contributed by atoms with van der Waals surface area (Å²) in [6.07, 6.45) is 5.63. The van der Waals surface area contributed by atoms with Gasteiger partial charge < -0.3 is 15.7 Å². The quantitative estimate of drug-likeness (QED) is 0.668. The molecule has 1 aliphatic heterocycles. The number of hydrogen-bond donors (Lipinski definition) is 3. The summed E-state index contributed by atoms with van der Waals surface area (Å²) in [4.78, 5) is 0. The van der Waals surface area contributed by atoms with E-state index in [1.807, 2.05) is 11.7 Å². The summed E-state index contributed by atoms with van der Waals surface area (Å²) >= 11 is 0. The molecule has 1 unspecified atom stereocenters. The van der Waals surface area contributed by atoms with E-state index in [2.05, 4.69) is 28.5 Å². The topological polar surface area (TPSA) is 44.8 Å². The number of nitrogens with one attached hydrogen (secondary N) is 3. The Morgan fingerprint density at radius 2 is 2.53 bits per heavy atom. The number of rotatable bonds is 5. The van der Waals surface area contributed by atoms with Crippen LogP contribution in [-0.4, -0.2) is 28.9 Å². The molecule has 0 bridgehead atoms. The van der Waals surface area contributed by atoms with Gasteiger partial charge >= 0.3 is 0 Å². The standard InChI is InChI=1S/C11H20N4/c1-9(11-4-3-6-13-11)12-7-5-10-8-15(2)14-10/h8,11-14H,1,3-7H2,2H3. The minimum absolute atomic E-state index is 0.482. The molecule has 1 saturated heterocycles. The van der Waals surface area contributed by atoms with Gasteiger partial charge in [-0.05, 0) is 19.4 Å². The predicted molar refractivity (Wildman–Crippen MR) is 61.6 cm³/mol. The zero-order chi connectivity index (χ0) is 10.7. The van der Waals surface area contributed by atoms with Crippen LogP contribution in [0.5, 0.6) is 0 Å². The van der Waals surface area contributed by atoms with Crippen molar-refractivity contribution in [2.75, 3.05) is 13.1 Å². The van der Waals surface area contributed by atoms with Crippen molar-refractivity contribution in [3.05, 3.63) is 24.2 Å². The predicted octanol–water partition coefficient (Wildman–Crippen LogP) is 0.751. The third-order valence-electron chi connectivity index (χ3n) is 2.90. The van der Waals surface area contributed by atoms with Crippen molar-refractivity contribution >= 4 is 0 Å². The molecule has 3 N–H and O–H groups in total. The molecule has 84 valence electrons. The Morgan fingerprint density at radius 1 is 1.73 bits per heavy atom. The lowest BCUT2D eigenvalue weighted by Crippen LogP contribution is -2.32. The fourth-order valence-corrected chi connectivity index (χ4v) is 2.04. The second-order valence-corrected chi connectivity index (χ2v) is 4.23. The number of aromatic nitrogens is 2. The fourth-order valence-electron chi connectivity index (χ4n) is 2.04. The van der Waals surface area contributed by atoms with Gasteiger partial charge in [0.1, 0.15) is 0 Å². The molecule has 0 aromatic carbocycles. The van der Waals surface area contributed by atoms with Gasteiger partial charge in [0.2, 0.25) is 0 Å². The van der Waals surface area contributed by atoms with Gasteiger partial charge in [-0.3, -0.25) is 4.68 Å². The Morgan fingerprint density at radius 3 is 3.13 bits per heavy atom. The average Bonchev–Trinajstić information content (AvgIpc) is 2.67. The molecule has 0 spiro atoms. The zero-order valence-corrected chi connectivity index (χ0v) is 9.34. The molecule has 2 rings (SSSR count). The Balaban J connectivity index is 1.63. The lowest BCUT2D eigenvalue weighted by atomic mass is 10.2. The van der Waals surface area contributed by atoms with Crippen LogP contribution in [-0.2, 0) is 13.5 Å². The maximum Gasteiger partial charge on any atom is 0.0511 e. The first-order valence-corrected chi connectivity index (χ1v) is 5.62. The monoisotopic (exact) mass is 208 g/mol. The minimum Gasteiger partial charge on any atom is -0.387 e. The van der Waals surface area contributed by atoms with Crippen molar-refractivity contribution in [2.24, 2.45) is 7.05 Å². The second kappa shape index (κ2) is 4.57. The normalized spacial score (nSPS) is 20.7. The van der Waals surface area contributed by atoms with Crippen LogP contribution in [0.4, 0.5) is 0 Å². The van der Waals surface area contributed by atoms with Crippen LogP contribution in [0.1, 0.15) is 18.5 Å². The Bertz CT molecular complexity index is 305. The second-order valence-electron chi connectivity index (χ2n) is 4.23. The van der Waals surface area contributed by atoms with E-state index in [1.54, 1.807) is 0 Å². The van der Waals surface area contributed by atoms with E-state index >= 15 is 0 Å². The van der Waals surface area contributed by atoms with Gasteiger partial charge in [0.05, 0.1) is 5.69 Å². The molecule has 1 aliphatic rings. The third kappa shape index (κ3) is 2.65. The molecule has 0 radical (unpaired) electrons. The van der Waals surface area contributed by atoms with Crippen molar-refractivity contribution in [2.45, 2.75) is 25.3 Å². The number of hydrogen-bond acceptors (Lipinski definition) is 2. The van der Waals surface area contributed by atoms with E-state index in [-0.39, 0.29) is 0 Å². The Labute approximate surface area is 90.7 Å². The van der Waals surface area contributed by atoms with E-state index in [1.165, 1.54) is 18.5 Å². The number of H-pyrrole nitrogens is 1. The molecule has 1 aromatic heterocycles. The Hall–Kier alpha value is -1.16. The highest BCUT2D eigenvalue weighted by molar-refractivity contribution is 5.06. The molecule has 0 aliphatic carbocycles. The van der Waals surface area contributed by atoms with Gasteiger partial charge in [0, 0.05) is 37.9 Å². The van der Waals surface area contributed by atoms with E-state index in [0.717, 1.165) is 25.2 Å². The molecule has 1 fully saturated rings. The van der Waals surface area contributed by atoms with Gasteiger partial charge in [0.15, 0.2) is 0 Å². The number of aryl methyl sites for hydroxylation is 1. The summed E-state index contributed by atoms with van der Waals surface area (Å²) in [7, 11) is 2.00. The zero-order valence-electron chi connectivity index (χ0n) is 9.34. The number of nitrogens with zero attached hydrogens (tertiary/aromatic N) is 1. The van der Waals surface area contributed by atoms with E-state index in [4.69, 9.17) is 0 Å². The van der Waals surface area contributed by atoms with Crippen LogP contribution < -0.4 is 10.6 Å². The van der Waals surface area contributed by atoms with E-state index in [0.29, 0.717) is 6.04 Å². The first kappa shape index (κ1) is 10.4. The molecule has 1 aromatic rings. The molecule has 2 heterocycles. The smallest absolute Gasteiger partial charge is 0.0511 e. The van der Waals surface area contributed by atoms with Crippen molar-refractivity contribution < 1.29 is 0 Å². The summed E-state index contributed by atoms with van der Waals surface area (Å²) < 4.78 is 1.96. The van der Waals surface area contributed by atoms with Gasteiger partial charge in [-0.1, -0.05) is 6.58 Å². The summed E-state index contributed by atoms with van der Waals surface area (Å²) in [5, 5.41) is 10.0. The van der Waals surface area contributed by atoms with Crippen LogP contribution in [0.3, 0.4) is 0 Å². The maximum absolute atomic E-state index is 4.07. The van der Waals surface area contributed by atoms with E-state index < -0.39 is 0 Å². The van der Waals surface area contributed by atoms with E-state index in [9.17, 15) is 0 Å². The molecular weight excluding hydrogens is 188 g/mol. The minimum atomic E-state index is 0.482. The van der Waals surface area contributed by atoms with Crippen LogP contribution in [0.25, 0.3) is 0 Å². The molecule has 0 saturated carbocycles. The lowest BCUT2D eigenvalue weighted by molar-refractivity contribution is 0.594. The first-order valence-electron chi connectivity index (χ1n) is 5.62. The van der Waals surface area contributed by atoms with Crippen LogP contribution in [0, 0.1) is 0 Å². The molecule has 4 nitrogen and oxygen atoms in total. The highest BCUT2D eigenvalue weighted by atomic mass is 15.3. The first-order chi connectivity index (χ1) is 7.25. The van der Waals surface area contributed by atoms with Gasteiger partial charge in [-0.15, -0.1) is 0 Å². The van der Waals surface area contributed by atoms with Gasteiger partial charge in [0.25, 0.3) is 0 Å². The SMILES string of the molecule is C=C(NCCc1cn(C)[nH]1)C1CCCN1. The van der Waals surface area contributed by atoms with Crippen molar-refractivity contribution in [3.8, 4) is 0 Å². The van der Waals surface area contributed by atoms with Gasteiger partial charge in [-0.25, -0.2) is 0 Å². The molecule has 15 heavy (non-hydrogen) atoms. The summed E-state index contributed by atoms with van der Waals surface area (Å²) in [5.74, 6) is 0. The summed E-state index contributed by atoms with van der Waals surface area (Å²) in [6, 6.07) is 0.482. The van der Waals surface area contributed by atoms with Crippen molar-refractivity contribution in [1.82, 2.24) is 20.4 Å². The summed E-state index contributed by atoms with van der Waals surface area (Å²) in [6.45, 7) is 6.16. The van der Waals surface area contributed by atoms with Crippen LogP contribution in [0.15, 0.2) is 18.5 Å². The number of aromatic amines is 1. The lowest BCUT2D eigenvalue weighted by Gasteiger charge is -2.17. The largest absolute Gasteiger partial charge is 0.387 e. The molecule has 4 heteroatoms. The highest BCUT2D eigenvalue weighted by Gasteiger charge is 2.16. The third-order valence-corrected chi connectivity index (χ3v) is 2.90. The highest BCUT2D eigenvalue weighted by Crippen LogP contribution is 2.10. The average molecular weight is 208 g/mol. The molecule has 0 amide bonds. The van der Waals surface area contributed by atoms with Crippen molar-refractivity contribution in [3.63, 3.8) is 0 Å². The van der Waals surface area contributed by atoms with Crippen molar-refractivity contribution in [1.29, 1.82) is 0 Å². The Kier molecular flexibility index (Phi) is 3.16. The maximum atomic E-state index is 4.07. The van der Waals surface area contributed by atoms with Crippen LogP contribution in [0.2, 0.25) is 0 Å². The summed E-state index contributed by atoms with van der Waals surface area (Å²) in [5.41, 5.74) is 2.43. The molecule has 1 atom stereocenters. The van der Waals surface area contributed by atoms with Crippen LogP contribution >= 0.6 is 0 Å².